The summed E-state index contributed by atoms with van der Waals surface area (Å²) in [6.07, 6.45) is 5.58. The minimum absolute atomic E-state index is 0.102. The molecule has 1 heteroatoms. The van der Waals surface area contributed by atoms with E-state index in [2.05, 4.69) is 5.92 Å². The monoisotopic (exact) mass is 188 g/mol. The van der Waals surface area contributed by atoms with Gasteiger partial charge in [0.15, 0.2) is 0 Å². The van der Waals surface area contributed by atoms with Crippen LogP contribution in [0.25, 0.3) is 0 Å². The fraction of sp³-hybridized carbons (Fsp3) is 0.385. The van der Waals surface area contributed by atoms with Gasteiger partial charge in [-0.15, -0.1) is 6.42 Å². The van der Waals surface area contributed by atoms with Crippen molar-refractivity contribution in [1.82, 2.24) is 0 Å². The average Bonchev–Trinajstić information content (AvgIpc) is 2.16. The van der Waals surface area contributed by atoms with Crippen molar-refractivity contribution in [2.24, 2.45) is 0 Å². The standard InChI is InChI=1S/C13H16O/c1-5-11(4)12-8-6-7-9-13(12)14-10(2)3/h1,6-11H,2-4H3. The average molecular weight is 188 g/mol. The van der Waals surface area contributed by atoms with Gasteiger partial charge in [-0.25, -0.2) is 0 Å². The maximum atomic E-state index is 5.67. The fourth-order valence-electron chi connectivity index (χ4n) is 1.29. The molecule has 0 aliphatic rings. The van der Waals surface area contributed by atoms with Crippen LogP contribution in [0.15, 0.2) is 24.3 Å². The van der Waals surface area contributed by atoms with Crippen LogP contribution in [0.3, 0.4) is 0 Å². The summed E-state index contributed by atoms with van der Waals surface area (Å²) < 4.78 is 5.67. The minimum atomic E-state index is 0.102. The van der Waals surface area contributed by atoms with E-state index in [4.69, 9.17) is 11.2 Å². The number of hydrogen-bond donors (Lipinski definition) is 0. The van der Waals surface area contributed by atoms with Gasteiger partial charge in [0.1, 0.15) is 5.75 Å². The molecule has 1 aromatic rings. The van der Waals surface area contributed by atoms with Crippen LogP contribution in [-0.2, 0) is 0 Å². The third-order valence-electron chi connectivity index (χ3n) is 2.00. The lowest BCUT2D eigenvalue weighted by Crippen LogP contribution is -2.08. The van der Waals surface area contributed by atoms with Gasteiger partial charge in [0, 0.05) is 11.5 Å². The Labute approximate surface area is 86.1 Å². The molecule has 0 bridgehead atoms. The molecular weight excluding hydrogens is 172 g/mol. The Morgan fingerprint density at radius 1 is 1.21 bits per heavy atom. The van der Waals surface area contributed by atoms with Gasteiger partial charge >= 0.3 is 0 Å². The summed E-state index contributed by atoms with van der Waals surface area (Å²) >= 11 is 0. The SMILES string of the molecule is C#CC(C)c1ccccc1OC(C)C. The normalized spacial score (nSPS) is 12.2. The molecule has 0 aliphatic heterocycles. The zero-order valence-corrected chi connectivity index (χ0v) is 8.95. The zero-order chi connectivity index (χ0) is 10.6. The van der Waals surface area contributed by atoms with Crippen molar-refractivity contribution < 1.29 is 4.74 Å². The molecule has 1 unspecified atom stereocenters. The second-order valence-corrected chi connectivity index (χ2v) is 3.59. The second-order valence-electron chi connectivity index (χ2n) is 3.59. The molecule has 1 aromatic carbocycles. The third kappa shape index (κ3) is 2.53. The number of rotatable bonds is 3. The molecule has 0 aliphatic carbocycles. The molecule has 0 fully saturated rings. The van der Waals surface area contributed by atoms with E-state index in [0.717, 1.165) is 11.3 Å². The first-order valence-electron chi connectivity index (χ1n) is 4.87. The predicted molar refractivity (Wildman–Crippen MR) is 59.5 cm³/mol. The summed E-state index contributed by atoms with van der Waals surface area (Å²) in [5.41, 5.74) is 1.09. The van der Waals surface area contributed by atoms with E-state index in [-0.39, 0.29) is 12.0 Å². The first-order valence-corrected chi connectivity index (χ1v) is 4.87. The van der Waals surface area contributed by atoms with Gasteiger partial charge in [0.2, 0.25) is 0 Å². The van der Waals surface area contributed by atoms with Crippen molar-refractivity contribution in [2.45, 2.75) is 32.8 Å². The van der Waals surface area contributed by atoms with Gasteiger partial charge in [-0.3, -0.25) is 0 Å². The van der Waals surface area contributed by atoms with Crippen molar-refractivity contribution >= 4 is 0 Å². The summed E-state index contributed by atoms with van der Waals surface area (Å²) in [4.78, 5) is 0. The van der Waals surface area contributed by atoms with Crippen molar-refractivity contribution in [2.75, 3.05) is 0 Å². The van der Waals surface area contributed by atoms with Crippen LogP contribution in [-0.4, -0.2) is 6.10 Å². The number of para-hydroxylation sites is 1. The van der Waals surface area contributed by atoms with E-state index in [1.807, 2.05) is 45.0 Å². The van der Waals surface area contributed by atoms with Crippen LogP contribution in [0.4, 0.5) is 0 Å². The quantitative estimate of drug-likeness (QED) is 0.662. The van der Waals surface area contributed by atoms with Crippen LogP contribution >= 0.6 is 0 Å². The van der Waals surface area contributed by atoms with Crippen molar-refractivity contribution in [3.63, 3.8) is 0 Å². The Morgan fingerprint density at radius 2 is 1.86 bits per heavy atom. The lowest BCUT2D eigenvalue weighted by Gasteiger charge is -2.15. The highest BCUT2D eigenvalue weighted by atomic mass is 16.5. The number of ether oxygens (including phenoxy) is 1. The summed E-state index contributed by atoms with van der Waals surface area (Å²) in [5.74, 6) is 3.71. The van der Waals surface area contributed by atoms with Crippen molar-refractivity contribution in [3.8, 4) is 18.1 Å². The van der Waals surface area contributed by atoms with E-state index in [1.165, 1.54) is 0 Å². The Kier molecular flexibility index (Phi) is 3.59. The molecule has 0 amide bonds. The molecule has 14 heavy (non-hydrogen) atoms. The molecule has 74 valence electrons. The number of benzene rings is 1. The molecule has 0 aromatic heterocycles. The van der Waals surface area contributed by atoms with E-state index in [9.17, 15) is 0 Å². The summed E-state index contributed by atoms with van der Waals surface area (Å²) in [6, 6.07) is 7.92. The van der Waals surface area contributed by atoms with Crippen molar-refractivity contribution in [3.05, 3.63) is 29.8 Å². The van der Waals surface area contributed by atoms with Crippen LogP contribution in [0.1, 0.15) is 32.3 Å². The molecule has 0 N–H and O–H groups in total. The van der Waals surface area contributed by atoms with Crippen LogP contribution in [0.5, 0.6) is 5.75 Å². The minimum Gasteiger partial charge on any atom is -0.491 e. The Bertz CT molecular complexity index is 333. The molecule has 0 saturated heterocycles. The molecule has 0 spiro atoms. The molecule has 0 heterocycles. The highest BCUT2D eigenvalue weighted by Gasteiger charge is 2.09. The first kappa shape index (κ1) is 10.7. The third-order valence-corrected chi connectivity index (χ3v) is 2.00. The molecule has 1 atom stereocenters. The van der Waals surface area contributed by atoms with Gasteiger partial charge in [-0.1, -0.05) is 24.1 Å². The lowest BCUT2D eigenvalue weighted by molar-refractivity contribution is 0.239. The Morgan fingerprint density at radius 3 is 2.43 bits per heavy atom. The van der Waals surface area contributed by atoms with Gasteiger partial charge < -0.3 is 4.74 Å². The predicted octanol–water partition coefficient (Wildman–Crippen LogP) is 3.21. The molecular formula is C13H16O. The summed E-state index contributed by atoms with van der Waals surface area (Å²) in [5, 5.41) is 0. The van der Waals surface area contributed by atoms with Crippen molar-refractivity contribution in [1.29, 1.82) is 0 Å². The zero-order valence-electron chi connectivity index (χ0n) is 8.95. The molecule has 1 rings (SSSR count). The first-order chi connectivity index (χ1) is 6.65. The lowest BCUT2D eigenvalue weighted by atomic mass is 10.0. The van der Waals surface area contributed by atoms with Crippen LogP contribution in [0, 0.1) is 12.3 Å². The van der Waals surface area contributed by atoms with E-state index in [0.29, 0.717) is 0 Å². The molecule has 1 nitrogen and oxygen atoms in total. The van der Waals surface area contributed by atoms with Gasteiger partial charge in [0.25, 0.3) is 0 Å². The van der Waals surface area contributed by atoms with E-state index in [1.54, 1.807) is 0 Å². The van der Waals surface area contributed by atoms with E-state index < -0.39 is 0 Å². The van der Waals surface area contributed by atoms with Crippen LogP contribution < -0.4 is 4.74 Å². The summed E-state index contributed by atoms with van der Waals surface area (Å²) in [6.45, 7) is 6.02. The highest BCUT2D eigenvalue weighted by molar-refractivity contribution is 5.39. The molecule has 0 saturated carbocycles. The van der Waals surface area contributed by atoms with Gasteiger partial charge in [-0.05, 0) is 26.8 Å². The Hall–Kier alpha value is -1.42. The summed E-state index contributed by atoms with van der Waals surface area (Å²) in [7, 11) is 0. The topological polar surface area (TPSA) is 9.23 Å². The largest absolute Gasteiger partial charge is 0.491 e. The van der Waals surface area contributed by atoms with E-state index >= 15 is 0 Å². The number of terminal acetylenes is 1. The maximum Gasteiger partial charge on any atom is 0.124 e. The second kappa shape index (κ2) is 4.72. The van der Waals surface area contributed by atoms with Crippen LogP contribution in [0.2, 0.25) is 0 Å². The highest BCUT2D eigenvalue weighted by Crippen LogP contribution is 2.26. The maximum absolute atomic E-state index is 5.67. The smallest absolute Gasteiger partial charge is 0.124 e. The van der Waals surface area contributed by atoms with Gasteiger partial charge in [-0.2, -0.15) is 0 Å². The van der Waals surface area contributed by atoms with Gasteiger partial charge in [0.05, 0.1) is 6.10 Å². The molecule has 0 radical (unpaired) electrons. The number of hydrogen-bond acceptors (Lipinski definition) is 1. The Balaban J connectivity index is 2.98. The fourth-order valence-corrected chi connectivity index (χ4v) is 1.29.